The fraction of sp³-hybridized carbons (Fsp3) is 0.533. The Balaban J connectivity index is 1.81. The molecule has 0 aliphatic carbocycles. The Kier molecular flexibility index (Phi) is 3.87. The summed E-state index contributed by atoms with van der Waals surface area (Å²) in [5.74, 6) is 1.57. The lowest BCUT2D eigenvalue weighted by Crippen LogP contribution is -2.39. The van der Waals surface area contributed by atoms with Crippen molar-refractivity contribution in [2.24, 2.45) is 5.10 Å². The number of halogens is 1. The van der Waals surface area contributed by atoms with Gasteiger partial charge in [-0.1, -0.05) is 0 Å². The molecule has 0 bridgehead atoms. The molecule has 1 aromatic rings. The zero-order chi connectivity index (χ0) is 14.1. The number of ether oxygens (including phenoxy) is 2. The van der Waals surface area contributed by atoms with Gasteiger partial charge in [0.25, 0.3) is 0 Å². The monoisotopic (exact) mass is 338 g/mol. The maximum atomic E-state index is 5.41. The van der Waals surface area contributed by atoms with E-state index in [9.17, 15) is 0 Å². The Morgan fingerprint density at radius 2 is 1.85 bits per heavy atom. The van der Waals surface area contributed by atoms with Gasteiger partial charge in [0.1, 0.15) is 0 Å². The average Bonchev–Trinajstić information content (AvgIpc) is 2.85. The molecule has 1 aromatic carbocycles. The molecule has 1 saturated heterocycles. The first kappa shape index (κ1) is 13.7. The predicted molar refractivity (Wildman–Crippen MR) is 82.5 cm³/mol. The molecule has 0 aromatic heterocycles. The SMILES string of the molecule is C[C@H]1CCC[C@H](C)N1/N=C\c1cc2c(cc1Br)OCO2. The van der Waals surface area contributed by atoms with Gasteiger partial charge in [-0.3, -0.25) is 5.01 Å². The first-order valence-corrected chi connectivity index (χ1v) is 7.86. The van der Waals surface area contributed by atoms with Crippen molar-refractivity contribution in [3.8, 4) is 11.5 Å². The lowest BCUT2D eigenvalue weighted by atomic mass is 10.00. The second-order valence-electron chi connectivity index (χ2n) is 5.48. The van der Waals surface area contributed by atoms with Gasteiger partial charge in [-0.25, -0.2) is 0 Å². The second-order valence-corrected chi connectivity index (χ2v) is 6.33. The van der Waals surface area contributed by atoms with Crippen molar-refractivity contribution in [3.63, 3.8) is 0 Å². The average molecular weight is 339 g/mol. The largest absolute Gasteiger partial charge is 0.454 e. The molecule has 0 amide bonds. The van der Waals surface area contributed by atoms with E-state index in [0.717, 1.165) is 21.5 Å². The van der Waals surface area contributed by atoms with Crippen molar-refractivity contribution in [1.29, 1.82) is 0 Å². The minimum Gasteiger partial charge on any atom is -0.454 e. The quantitative estimate of drug-likeness (QED) is 0.769. The van der Waals surface area contributed by atoms with Gasteiger partial charge in [0, 0.05) is 22.1 Å². The molecular weight excluding hydrogens is 320 g/mol. The van der Waals surface area contributed by atoms with Crippen molar-refractivity contribution in [3.05, 3.63) is 22.2 Å². The standard InChI is InChI=1S/C15H19BrN2O2/c1-10-4-3-5-11(2)18(10)17-8-12-6-14-15(7-13(12)16)20-9-19-14/h6-8,10-11H,3-5,9H2,1-2H3/b17-8-/t10-,11-/m0/s1. The number of fused-ring (bicyclic) bond motifs is 1. The Morgan fingerprint density at radius 3 is 2.55 bits per heavy atom. The van der Waals surface area contributed by atoms with Gasteiger partial charge in [-0.2, -0.15) is 5.10 Å². The number of hydrogen-bond donors (Lipinski definition) is 0. The van der Waals surface area contributed by atoms with Crippen LogP contribution in [0.2, 0.25) is 0 Å². The third-order valence-electron chi connectivity index (χ3n) is 3.97. The summed E-state index contributed by atoms with van der Waals surface area (Å²) in [6, 6.07) is 4.91. The summed E-state index contributed by atoms with van der Waals surface area (Å²) in [5.41, 5.74) is 1.01. The third kappa shape index (κ3) is 2.64. The van der Waals surface area contributed by atoms with Gasteiger partial charge in [-0.15, -0.1) is 0 Å². The van der Waals surface area contributed by atoms with Gasteiger partial charge in [0.05, 0.1) is 6.21 Å². The molecule has 1 fully saturated rings. The molecule has 2 atom stereocenters. The van der Waals surface area contributed by atoms with Gasteiger partial charge in [-0.05, 0) is 61.2 Å². The lowest BCUT2D eigenvalue weighted by Gasteiger charge is -2.36. The predicted octanol–water partition coefficient (Wildman–Crippen LogP) is 3.77. The summed E-state index contributed by atoms with van der Waals surface area (Å²) in [6.07, 6.45) is 5.63. The highest BCUT2D eigenvalue weighted by Crippen LogP contribution is 2.36. The van der Waals surface area contributed by atoms with Crippen LogP contribution in [0.1, 0.15) is 38.7 Å². The molecule has 0 N–H and O–H groups in total. The third-order valence-corrected chi connectivity index (χ3v) is 4.66. The zero-order valence-corrected chi connectivity index (χ0v) is 13.4. The molecule has 3 rings (SSSR count). The normalized spacial score (nSPS) is 25.4. The minimum absolute atomic E-state index is 0.294. The fourth-order valence-electron chi connectivity index (χ4n) is 2.80. The van der Waals surface area contributed by atoms with Crippen molar-refractivity contribution in [2.75, 3.05) is 6.79 Å². The molecule has 2 aliphatic heterocycles. The van der Waals surface area contributed by atoms with E-state index < -0.39 is 0 Å². The highest BCUT2D eigenvalue weighted by Gasteiger charge is 2.23. The van der Waals surface area contributed by atoms with Crippen LogP contribution in [0.5, 0.6) is 11.5 Å². The lowest BCUT2D eigenvalue weighted by molar-refractivity contribution is 0.109. The molecule has 108 valence electrons. The van der Waals surface area contributed by atoms with Crippen LogP contribution in [0, 0.1) is 0 Å². The Labute approximate surface area is 127 Å². The van der Waals surface area contributed by atoms with E-state index in [1.807, 2.05) is 18.3 Å². The number of benzene rings is 1. The molecule has 0 unspecified atom stereocenters. The van der Waals surface area contributed by atoms with Crippen LogP contribution in [0.3, 0.4) is 0 Å². The Bertz CT molecular complexity index is 523. The molecule has 2 aliphatic rings. The molecule has 20 heavy (non-hydrogen) atoms. The van der Waals surface area contributed by atoms with Gasteiger partial charge in [0.15, 0.2) is 11.5 Å². The van der Waals surface area contributed by atoms with Gasteiger partial charge >= 0.3 is 0 Å². The number of hydrogen-bond acceptors (Lipinski definition) is 4. The van der Waals surface area contributed by atoms with Crippen LogP contribution in [-0.4, -0.2) is 30.1 Å². The molecule has 0 saturated carbocycles. The van der Waals surface area contributed by atoms with Crippen LogP contribution in [-0.2, 0) is 0 Å². The highest BCUT2D eigenvalue weighted by atomic mass is 79.9. The number of rotatable bonds is 2. The number of nitrogens with zero attached hydrogens (tertiary/aromatic N) is 2. The second kappa shape index (κ2) is 5.64. The van der Waals surface area contributed by atoms with Crippen LogP contribution in [0.25, 0.3) is 0 Å². The maximum Gasteiger partial charge on any atom is 0.231 e. The summed E-state index contributed by atoms with van der Waals surface area (Å²) in [6.45, 7) is 4.77. The highest BCUT2D eigenvalue weighted by molar-refractivity contribution is 9.10. The molecule has 2 heterocycles. The van der Waals surface area contributed by atoms with Crippen LogP contribution in [0.15, 0.2) is 21.7 Å². The summed E-state index contributed by atoms with van der Waals surface area (Å²) < 4.78 is 11.7. The van der Waals surface area contributed by atoms with E-state index in [4.69, 9.17) is 9.47 Å². The zero-order valence-electron chi connectivity index (χ0n) is 11.8. The number of hydrazone groups is 1. The van der Waals surface area contributed by atoms with E-state index in [-0.39, 0.29) is 0 Å². The topological polar surface area (TPSA) is 34.1 Å². The Hall–Kier alpha value is -1.23. The van der Waals surface area contributed by atoms with Crippen molar-refractivity contribution in [2.45, 2.75) is 45.2 Å². The number of piperidine rings is 1. The first-order valence-electron chi connectivity index (χ1n) is 7.06. The van der Waals surface area contributed by atoms with Crippen LogP contribution >= 0.6 is 15.9 Å². The van der Waals surface area contributed by atoms with Gasteiger partial charge in [0.2, 0.25) is 6.79 Å². The van der Waals surface area contributed by atoms with E-state index in [0.29, 0.717) is 18.9 Å². The maximum absolute atomic E-state index is 5.41. The van der Waals surface area contributed by atoms with Crippen molar-refractivity contribution < 1.29 is 9.47 Å². The molecule has 0 radical (unpaired) electrons. The molecule has 0 spiro atoms. The van der Waals surface area contributed by atoms with Crippen molar-refractivity contribution >= 4 is 22.1 Å². The summed E-state index contributed by atoms with van der Waals surface area (Å²) in [7, 11) is 0. The Morgan fingerprint density at radius 1 is 1.20 bits per heavy atom. The van der Waals surface area contributed by atoms with Crippen molar-refractivity contribution in [1.82, 2.24) is 5.01 Å². The van der Waals surface area contributed by atoms with E-state index >= 15 is 0 Å². The van der Waals surface area contributed by atoms with E-state index in [1.54, 1.807) is 0 Å². The van der Waals surface area contributed by atoms with E-state index in [1.165, 1.54) is 19.3 Å². The molecule has 4 nitrogen and oxygen atoms in total. The summed E-state index contributed by atoms with van der Waals surface area (Å²) in [4.78, 5) is 0. The molecular formula is C15H19BrN2O2. The van der Waals surface area contributed by atoms with Gasteiger partial charge < -0.3 is 9.47 Å². The minimum atomic E-state index is 0.294. The first-order chi connectivity index (χ1) is 9.65. The fourth-order valence-corrected chi connectivity index (χ4v) is 3.22. The van der Waals surface area contributed by atoms with Crippen LogP contribution in [0.4, 0.5) is 0 Å². The summed E-state index contributed by atoms with van der Waals surface area (Å²) >= 11 is 3.56. The molecule has 5 heteroatoms. The van der Waals surface area contributed by atoms with Crippen LogP contribution < -0.4 is 9.47 Å². The smallest absolute Gasteiger partial charge is 0.231 e. The van der Waals surface area contributed by atoms with E-state index in [2.05, 4.69) is 39.9 Å². The summed E-state index contributed by atoms with van der Waals surface area (Å²) in [5, 5.41) is 6.89.